The maximum Gasteiger partial charge on any atom is 0.255 e. The zero-order valence-corrected chi connectivity index (χ0v) is 24.7. The Morgan fingerprint density at radius 3 is 2.21 bits per heavy atom. The van der Waals surface area contributed by atoms with Gasteiger partial charge in [0.05, 0.1) is 25.5 Å². The lowest BCUT2D eigenvalue weighted by Gasteiger charge is -2.13. The number of sulfone groups is 1. The number of hydrogen-bond donors (Lipinski definition) is 2. The van der Waals surface area contributed by atoms with Crippen LogP contribution in [0.15, 0.2) is 95.9 Å². The molecule has 9 heteroatoms. The Morgan fingerprint density at radius 1 is 0.833 bits per heavy atom. The summed E-state index contributed by atoms with van der Waals surface area (Å²) in [5, 5.41) is 8.33. The minimum absolute atomic E-state index is 0.140. The summed E-state index contributed by atoms with van der Waals surface area (Å²) in [5.41, 5.74) is 5.08. The monoisotopic (exact) mass is 586 g/mol. The molecule has 0 heterocycles. The molecule has 0 aromatic heterocycles. The molecule has 2 N–H and O–H groups in total. The van der Waals surface area contributed by atoms with Crippen LogP contribution < -0.4 is 14.8 Å². The molecule has 218 valence electrons. The Bertz CT molecular complexity index is 1660. The largest absolute Gasteiger partial charge is 0.496 e. The second kappa shape index (κ2) is 15.3. The van der Waals surface area contributed by atoms with Crippen molar-refractivity contribution < 1.29 is 27.5 Å². The van der Waals surface area contributed by atoms with Gasteiger partial charge in [0.15, 0.2) is 9.84 Å². The van der Waals surface area contributed by atoms with E-state index in [4.69, 9.17) is 19.7 Å². The van der Waals surface area contributed by atoms with Gasteiger partial charge in [-0.25, -0.2) is 18.6 Å². The zero-order chi connectivity index (χ0) is 30.5. The summed E-state index contributed by atoms with van der Waals surface area (Å²) < 4.78 is 37.7. The van der Waals surface area contributed by atoms with Crippen molar-refractivity contribution >= 4 is 21.8 Å². The molecule has 0 bridgehead atoms. The Labute approximate surface area is 246 Å². The van der Waals surface area contributed by atoms with Crippen LogP contribution in [0.3, 0.4) is 0 Å². The van der Waals surface area contributed by atoms with E-state index in [0.717, 1.165) is 28.3 Å². The molecule has 0 aliphatic carbocycles. The molecule has 0 saturated heterocycles. The van der Waals surface area contributed by atoms with Gasteiger partial charge in [-0.2, -0.15) is 0 Å². The topological polar surface area (TPSA) is 123 Å². The number of para-hydroxylation sites is 1. The number of ether oxygens (including phenoxy) is 2. The summed E-state index contributed by atoms with van der Waals surface area (Å²) in [6.07, 6.45) is 2.16. The lowest BCUT2D eigenvalue weighted by molar-refractivity contribution is 0.0950. The van der Waals surface area contributed by atoms with Crippen molar-refractivity contribution in [1.82, 2.24) is 5.32 Å². The van der Waals surface area contributed by atoms with Gasteiger partial charge in [-0.1, -0.05) is 72.3 Å². The van der Waals surface area contributed by atoms with Crippen molar-refractivity contribution in [3.8, 4) is 22.6 Å². The lowest BCUT2D eigenvalue weighted by atomic mass is 10.0. The van der Waals surface area contributed by atoms with Crippen molar-refractivity contribution in [1.29, 1.82) is 5.41 Å². The summed E-state index contributed by atoms with van der Waals surface area (Å²) in [4.78, 5) is 21.0. The third kappa shape index (κ3) is 8.64. The van der Waals surface area contributed by atoms with Crippen LogP contribution in [0.25, 0.3) is 11.1 Å². The molecule has 42 heavy (non-hydrogen) atoms. The van der Waals surface area contributed by atoms with Crippen LogP contribution >= 0.6 is 0 Å². The summed E-state index contributed by atoms with van der Waals surface area (Å²) >= 11 is 0. The number of carbonyl (C=O) groups is 1. The van der Waals surface area contributed by atoms with Crippen LogP contribution in [0.5, 0.6) is 11.5 Å². The first-order chi connectivity index (χ1) is 20.2. The first-order valence-electron chi connectivity index (χ1n) is 13.2. The third-order valence-electron chi connectivity index (χ3n) is 6.48. The SMILES string of the molecule is COc1ccccc1C(=O)NCCCc1cccc(CS(=O)(=O)c2cc(-c3cccc(C)c3)ccc2OC)c1.N=C=O. The Balaban J connectivity index is 0.00000155. The summed E-state index contributed by atoms with van der Waals surface area (Å²) in [6, 6.07) is 27.9. The van der Waals surface area contributed by atoms with E-state index in [0.29, 0.717) is 42.0 Å². The predicted octanol–water partition coefficient (Wildman–Crippen LogP) is 5.92. The number of methoxy groups -OCH3 is 2. The molecule has 4 aromatic carbocycles. The van der Waals surface area contributed by atoms with Crippen LogP contribution in [-0.4, -0.2) is 41.2 Å². The van der Waals surface area contributed by atoms with Crippen molar-refractivity contribution in [2.45, 2.75) is 30.4 Å². The van der Waals surface area contributed by atoms with E-state index in [-0.39, 0.29) is 16.6 Å². The standard InChI is InChI=1S/C32H33NO5S.CHNO/c1-23-9-6-13-26(19-23)27-16-17-30(38-3)31(21-27)39(35,36)22-25-11-7-10-24(20-25)12-8-18-33-32(34)28-14-4-5-15-29(28)37-2;2-1-3/h4-7,9-11,13-17,19-21H,8,12,18,22H2,1-3H3,(H,33,34);2H. The maximum absolute atomic E-state index is 13.5. The van der Waals surface area contributed by atoms with E-state index >= 15 is 0 Å². The number of hydrogen-bond acceptors (Lipinski definition) is 7. The number of isocyanates is 1. The van der Waals surface area contributed by atoms with Gasteiger partial charge in [0, 0.05) is 6.54 Å². The Morgan fingerprint density at radius 2 is 1.50 bits per heavy atom. The number of benzene rings is 4. The molecular weight excluding hydrogens is 552 g/mol. The van der Waals surface area contributed by atoms with Crippen LogP contribution in [0.4, 0.5) is 0 Å². The molecule has 0 atom stereocenters. The smallest absolute Gasteiger partial charge is 0.255 e. The van der Waals surface area contributed by atoms with E-state index in [1.807, 2.05) is 67.6 Å². The fourth-order valence-electron chi connectivity index (χ4n) is 4.52. The first-order valence-corrected chi connectivity index (χ1v) is 14.9. The van der Waals surface area contributed by atoms with E-state index in [9.17, 15) is 13.2 Å². The van der Waals surface area contributed by atoms with Crippen LogP contribution in [0.1, 0.15) is 33.5 Å². The van der Waals surface area contributed by atoms with Crippen molar-refractivity contribution in [3.05, 3.63) is 113 Å². The zero-order valence-electron chi connectivity index (χ0n) is 23.8. The molecule has 0 unspecified atom stereocenters. The molecule has 0 spiro atoms. The molecule has 0 aliphatic rings. The molecule has 0 radical (unpaired) electrons. The first kappa shape index (κ1) is 31.8. The van der Waals surface area contributed by atoms with Crippen LogP contribution in [0.2, 0.25) is 0 Å². The average Bonchev–Trinajstić information content (AvgIpc) is 2.99. The summed E-state index contributed by atoms with van der Waals surface area (Å²) in [7, 11) is -0.663. The molecule has 4 rings (SSSR count). The highest BCUT2D eigenvalue weighted by Gasteiger charge is 2.22. The summed E-state index contributed by atoms with van der Waals surface area (Å²) in [6.45, 7) is 2.49. The highest BCUT2D eigenvalue weighted by Crippen LogP contribution is 2.32. The van der Waals surface area contributed by atoms with Crippen molar-refractivity contribution in [3.63, 3.8) is 0 Å². The fraction of sp³-hybridized carbons (Fsp3) is 0.212. The number of rotatable bonds is 11. The van der Waals surface area contributed by atoms with Gasteiger partial charge in [0.2, 0.25) is 6.08 Å². The van der Waals surface area contributed by atoms with Crippen LogP contribution in [0, 0.1) is 12.3 Å². The maximum atomic E-state index is 13.5. The van der Waals surface area contributed by atoms with Gasteiger partial charge in [-0.3, -0.25) is 4.79 Å². The molecular formula is C33H34N2O6S. The third-order valence-corrected chi connectivity index (χ3v) is 8.18. The average molecular weight is 587 g/mol. The lowest BCUT2D eigenvalue weighted by Crippen LogP contribution is -2.25. The molecule has 0 aliphatic heterocycles. The molecule has 1 amide bonds. The van der Waals surface area contributed by atoms with Gasteiger partial charge in [0.1, 0.15) is 16.4 Å². The molecule has 0 saturated carbocycles. The van der Waals surface area contributed by atoms with Gasteiger partial charge >= 0.3 is 0 Å². The van der Waals surface area contributed by atoms with Crippen molar-refractivity contribution in [2.75, 3.05) is 20.8 Å². The van der Waals surface area contributed by atoms with E-state index in [1.54, 1.807) is 30.3 Å². The number of nitrogens with one attached hydrogen (secondary N) is 2. The van der Waals surface area contributed by atoms with Gasteiger partial charge < -0.3 is 14.8 Å². The molecule has 4 aromatic rings. The minimum atomic E-state index is -3.68. The highest BCUT2D eigenvalue weighted by atomic mass is 32.2. The van der Waals surface area contributed by atoms with Crippen LogP contribution in [-0.2, 0) is 26.8 Å². The quantitative estimate of drug-likeness (QED) is 0.128. The number of amides is 1. The Kier molecular flexibility index (Phi) is 11.6. The normalized spacial score (nSPS) is 10.5. The predicted molar refractivity (Wildman–Crippen MR) is 163 cm³/mol. The second-order valence-corrected chi connectivity index (χ2v) is 11.4. The Hall–Kier alpha value is -4.72. The fourth-order valence-corrected chi connectivity index (χ4v) is 6.06. The summed E-state index contributed by atoms with van der Waals surface area (Å²) in [5.74, 6) is 0.534. The van der Waals surface area contributed by atoms with Gasteiger partial charge in [-0.15, -0.1) is 0 Å². The van der Waals surface area contributed by atoms with Gasteiger partial charge in [-0.05, 0) is 66.3 Å². The van der Waals surface area contributed by atoms with E-state index < -0.39 is 9.84 Å². The van der Waals surface area contributed by atoms with E-state index in [2.05, 4.69) is 5.32 Å². The number of carbonyl (C=O) groups excluding carboxylic acids is 2. The van der Waals surface area contributed by atoms with E-state index in [1.165, 1.54) is 14.2 Å². The molecule has 8 nitrogen and oxygen atoms in total. The van der Waals surface area contributed by atoms with Crippen molar-refractivity contribution in [2.24, 2.45) is 0 Å². The van der Waals surface area contributed by atoms with Gasteiger partial charge in [0.25, 0.3) is 5.91 Å². The second-order valence-electron chi connectivity index (χ2n) is 9.48. The number of aryl methyl sites for hydroxylation is 2. The highest BCUT2D eigenvalue weighted by molar-refractivity contribution is 7.90. The molecule has 0 fully saturated rings. The minimum Gasteiger partial charge on any atom is -0.496 e.